The molecular weight excluding hydrogens is 120 g/mol. The standard InChI is InChI=1S/C6H10O3/c1-5-3-4-7-6(5,2)9-8-5/h3-4H2,1-2H3. The summed E-state index contributed by atoms with van der Waals surface area (Å²) in [6.07, 6.45) is 0.934. The molecule has 2 atom stereocenters. The molecule has 0 aromatic carbocycles. The highest BCUT2D eigenvalue weighted by atomic mass is 17.3. The topological polar surface area (TPSA) is 27.7 Å². The van der Waals surface area contributed by atoms with Gasteiger partial charge in [0.05, 0.1) is 6.61 Å². The van der Waals surface area contributed by atoms with E-state index in [9.17, 15) is 0 Å². The molecule has 0 amide bonds. The average molecular weight is 130 g/mol. The molecule has 52 valence electrons. The van der Waals surface area contributed by atoms with Gasteiger partial charge in [-0.15, -0.1) is 0 Å². The summed E-state index contributed by atoms with van der Waals surface area (Å²) in [7, 11) is 0. The first kappa shape index (κ1) is 5.65. The molecule has 9 heavy (non-hydrogen) atoms. The van der Waals surface area contributed by atoms with E-state index in [0.717, 1.165) is 13.0 Å². The molecule has 0 bridgehead atoms. The lowest BCUT2D eigenvalue weighted by molar-refractivity contribution is -0.581. The third-order valence-corrected chi connectivity index (χ3v) is 2.30. The largest absolute Gasteiger partial charge is 0.345 e. The highest BCUT2D eigenvalue weighted by Gasteiger charge is 2.63. The van der Waals surface area contributed by atoms with Gasteiger partial charge >= 0.3 is 0 Å². The van der Waals surface area contributed by atoms with Gasteiger partial charge in [-0.3, -0.25) is 0 Å². The Balaban J connectivity index is 2.26. The van der Waals surface area contributed by atoms with Gasteiger partial charge in [0.2, 0.25) is 5.79 Å². The van der Waals surface area contributed by atoms with Crippen LogP contribution in [0.3, 0.4) is 0 Å². The van der Waals surface area contributed by atoms with Crippen molar-refractivity contribution in [1.29, 1.82) is 0 Å². The molecule has 2 aliphatic rings. The van der Waals surface area contributed by atoms with Gasteiger partial charge in [-0.05, 0) is 13.8 Å². The van der Waals surface area contributed by atoms with Gasteiger partial charge in [-0.1, -0.05) is 0 Å². The van der Waals surface area contributed by atoms with Crippen molar-refractivity contribution in [3.63, 3.8) is 0 Å². The smallest absolute Gasteiger partial charge is 0.231 e. The summed E-state index contributed by atoms with van der Waals surface area (Å²) in [6.45, 7) is 4.65. The van der Waals surface area contributed by atoms with E-state index in [1.165, 1.54) is 0 Å². The van der Waals surface area contributed by atoms with Gasteiger partial charge in [-0.2, -0.15) is 4.89 Å². The normalized spacial score (nSPS) is 56.7. The minimum atomic E-state index is -0.451. The van der Waals surface area contributed by atoms with Crippen molar-refractivity contribution in [2.75, 3.05) is 6.61 Å². The molecule has 2 saturated heterocycles. The van der Waals surface area contributed by atoms with Crippen LogP contribution in [-0.2, 0) is 14.5 Å². The van der Waals surface area contributed by atoms with E-state index < -0.39 is 5.79 Å². The van der Waals surface area contributed by atoms with Gasteiger partial charge in [0.1, 0.15) is 0 Å². The van der Waals surface area contributed by atoms with Crippen LogP contribution in [-0.4, -0.2) is 18.0 Å². The lowest BCUT2D eigenvalue weighted by atomic mass is 9.94. The predicted molar refractivity (Wildman–Crippen MR) is 29.5 cm³/mol. The molecule has 2 rings (SSSR count). The Bertz CT molecular complexity index is 131. The maximum Gasteiger partial charge on any atom is 0.231 e. The molecule has 2 heterocycles. The Morgan fingerprint density at radius 1 is 1.22 bits per heavy atom. The van der Waals surface area contributed by atoms with Crippen molar-refractivity contribution >= 4 is 0 Å². The molecule has 0 saturated carbocycles. The van der Waals surface area contributed by atoms with E-state index in [1.54, 1.807) is 0 Å². The van der Waals surface area contributed by atoms with Crippen LogP contribution in [0.4, 0.5) is 0 Å². The fraction of sp³-hybridized carbons (Fsp3) is 1.00. The number of fused-ring (bicyclic) bond motifs is 1. The van der Waals surface area contributed by atoms with Crippen molar-refractivity contribution in [2.45, 2.75) is 31.7 Å². The molecule has 2 unspecified atom stereocenters. The minimum Gasteiger partial charge on any atom is -0.345 e. The summed E-state index contributed by atoms with van der Waals surface area (Å²) in [4.78, 5) is 9.74. The van der Waals surface area contributed by atoms with Gasteiger partial charge in [0, 0.05) is 6.42 Å². The van der Waals surface area contributed by atoms with E-state index in [0.29, 0.717) is 0 Å². The van der Waals surface area contributed by atoms with Crippen LogP contribution in [0.25, 0.3) is 0 Å². The second-order valence-electron chi connectivity index (χ2n) is 2.94. The summed E-state index contributed by atoms with van der Waals surface area (Å²) in [6, 6.07) is 0. The zero-order chi connectivity index (χ0) is 6.54. The molecule has 3 nitrogen and oxygen atoms in total. The molecule has 0 aromatic heterocycles. The van der Waals surface area contributed by atoms with E-state index in [2.05, 4.69) is 0 Å². The first-order valence-electron chi connectivity index (χ1n) is 3.17. The third kappa shape index (κ3) is 0.478. The number of rotatable bonds is 0. The predicted octanol–water partition coefficient (Wildman–Crippen LogP) is 0.843. The van der Waals surface area contributed by atoms with Crippen LogP contribution >= 0.6 is 0 Å². The van der Waals surface area contributed by atoms with Crippen molar-refractivity contribution in [3.8, 4) is 0 Å². The highest BCUT2D eigenvalue weighted by molar-refractivity contribution is 4.97. The van der Waals surface area contributed by atoms with E-state index >= 15 is 0 Å². The summed E-state index contributed by atoms with van der Waals surface area (Å²) in [5.41, 5.74) is -0.174. The third-order valence-electron chi connectivity index (χ3n) is 2.30. The molecule has 2 aliphatic heterocycles. The van der Waals surface area contributed by atoms with Crippen LogP contribution in [0, 0.1) is 0 Å². The number of hydrogen-bond donors (Lipinski definition) is 0. The molecule has 2 fully saturated rings. The Morgan fingerprint density at radius 2 is 2.00 bits per heavy atom. The van der Waals surface area contributed by atoms with E-state index in [4.69, 9.17) is 14.5 Å². The zero-order valence-electron chi connectivity index (χ0n) is 5.64. The van der Waals surface area contributed by atoms with Crippen molar-refractivity contribution < 1.29 is 14.5 Å². The summed E-state index contributed by atoms with van der Waals surface area (Å²) in [5.74, 6) is -0.451. The summed E-state index contributed by atoms with van der Waals surface area (Å²) < 4.78 is 5.30. The maximum atomic E-state index is 5.30. The summed E-state index contributed by atoms with van der Waals surface area (Å²) in [5, 5.41) is 0. The van der Waals surface area contributed by atoms with Gasteiger partial charge in [0.25, 0.3) is 0 Å². The second-order valence-corrected chi connectivity index (χ2v) is 2.94. The number of hydrogen-bond acceptors (Lipinski definition) is 3. The average Bonchev–Trinajstić information content (AvgIpc) is 1.98. The molecule has 0 radical (unpaired) electrons. The van der Waals surface area contributed by atoms with Crippen LogP contribution in [0.2, 0.25) is 0 Å². The number of ether oxygens (including phenoxy) is 1. The monoisotopic (exact) mass is 130 g/mol. The van der Waals surface area contributed by atoms with Crippen LogP contribution in [0.5, 0.6) is 0 Å². The molecule has 3 heteroatoms. The van der Waals surface area contributed by atoms with Crippen LogP contribution in [0.1, 0.15) is 20.3 Å². The minimum absolute atomic E-state index is 0.174. The molecule has 0 N–H and O–H groups in total. The van der Waals surface area contributed by atoms with Crippen molar-refractivity contribution in [3.05, 3.63) is 0 Å². The Hall–Kier alpha value is -0.120. The van der Waals surface area contributed by atoms with Crippen molar-refractivity contribution in [1.82, 2.24) is 0 Å². The maximum absolute atomic E-state index is 5.30. The van der Waals surface area contributed by atoms with Crippen LogP contribution in [0.15, 0.2) is 0 Å². The Labute approximate surface area is 53.8 Å². The molecule has 0 spiro atoms. The van der Waals surface area contributed by atoms with Gasteiger partial charge in [-0.25, -0.2) is 4.89 Å². The Kier molecular flexibility index (Phi) is 0.822. The second kappa shape index (κ2) is 1.31. The fourth-order valence-corrected chi connectivity index (χ4v) is 1.19. The van der Waals surface area contributed by atoms with Gasteiger partial charge < -0.3 is 4.74 Å². The SMILES string of the molecule is CC12CCOC1(C)OO2. The first-order chi connectivity index (χ1) is 4.16. The summed E-state index contributed by atoms with van der Waals surface area (Å²) >= 11 is 0. The van der Waals surface area contributed by atoms with E-state index in [1.807, 2.05) is 13.8 Å². The Morgan fingerprint density at radius 3 is 2.22 bits per heavy atom. The molecule has 0 aliphatic carbocycles. The fourth-order valence-electron chi connectivity index (χ4n) is 1.19. The van der Waals surface area contributed by atoms with Crippen LogP contribution < -0.4 is 0 Å². The lowest BCUT2D eigenvalue weighted by Crippen LogP contribution is -2.60. The molecule has 0 aromatic rings. The first-order valence-corrected chi connectivity index (χ1v) is 3.17. The zero-order valence-corrected chi connectivity index (χ0v) is 5.64. The lowest BCUT2D eigenvalue weighted by Gasteiger charge is -2.46. The highest BCUT2D eigenvalue weighted by Crippen LogP contribution is 2.47. The van der Waals surface area contributed by atoms with Crippen molar-refractivity contribution in [2.24, 2.45) is 0 Å². The molecular formula is C6H10O3. The van der Waals surface area contributed by atoms with Gasteiger partial charge in [0.15, 0.2) is 5.60 Å². The van der Waals surface area contributed by atoms with E-state index in [-0.39, 0.29) is 5.60 Å². The quantitative estimate of drug-likeness (QED) is 0.455.